The van der Waals surface area contributed by atoms with E-state index in [1.54, 1.807) is 17.2 Å². The molecule has 6 nitrogen and oxygen atoms in total. The van der Waals surface area contributed by atoms with Crippen molar-refractivity contribution < 1.29 is 13.6 Å². The monoisotopic (exact) mass is 481 g/mol. The van der Waals surface area contributed by atoms with Crippen LogP contribution in [-0.4, -0.2) is 24.4 Å². The molecule has 0 bridgehead atoms. The molecular weight excluding hydrogens is 448 g/mol. The Morgan fingerprint density at radius 2 is 1.83 bits per heavy atom. The third-order valence-electron chi connectivity index (χ3n) is 6.82. The van der Waals surface area contributed by atoms with Gasteiger partial charge in [0.15, 0.2) is 11.6 Å². The number of carbonyl (C=O) groups excluding carboxylic acids is 1. The molecular formula is C27H33F2N5O. The second kappa shape index (κ2) is 8.68. The lowest BCUT2D eigenvalue weighted by Crippen LogP contribution is -2.66. The molecule has 0 atom stereocenters. The minimum atomic E-state index is -0.559. The lowest BCUT2D eigenvalue weighted by atomic mass is 9.85. The predicted octanol–water partition coefficient (Wildman–Crippen LogP) is 4.96. The molecule has 0 aromatic heterocycles. The van der Waals surface area contributed by atoms with Gasteiger partial charge >= 0.3 is 0 Å². The predicted molar refractivity (Wildman–Crippen MR) is 140 cm³/mol. The topological polar surface area (TPSA) is 102 Å². The van der Waals surface area contributed by atoms with Crippen LogP contribution in [0.2, 0.25) is 0 Å². The summed E-state index contributed by atoms with van der Waals surface area (Å²) in [5.41, 5.74) is 22.0. The molecule has 2 aromatic carbocycles. The molecule has 0 saturated carbocycles. The second-order valence-electron chi connectivity index (χ2n) is 9.86. The number of nitrogens with two attached hydrogens (primary N) is 3. The van der Waals surface area contributed by atoms with Crippen molar-refractivity contribution in [3.05, 3.63) is 58.8 Å². The van der Waals surface area contributed by atoms with Gasteiger partial charge in [-0.2, -0.15) is 0 Å². The van der Waals surface area contributed by atoms with E-state index in [0.717, 1.165) is 0 Å². The number of nitrogens with zero attached hydrogens (tertiary/aromatic N) is 2. The van der Waals surface area contributed by atoms with Crippen LogP contribution in [0.1, 0.15) is 50.3 Å². The Morgan fingerprint density at radius 1 is 1.17 bits per heavy atom. The van der Waals surface area contributed by atoms with E-state index >= 15 is 4.39 Å². The summed E-state index contributed by atoms with van der Waals surface area (Å²) in [4.78, 5) is 16.7. The van der Waals surface area contributed by atoms with Gasteiger partial charge in [0.05, 0.1) is 28.4 Å². The number of halogens is 2. The van der Waals surface area contributed by atoms with Crippen LogP contribution in [0.3, 0.4) is 0 Å². The third-order valence-corrected chi connectivity index (χ3v) is 6.82. The summed E-state index contributed by atoms with van der Waals surface area (Å²) in [6.07, 6.45) is 3.18. The maximum absolute atomic E-state index is 15.8. The number of fused-ring (bicyclic) bond motifs is 1. The summed E-state index contributed by atoms with van der Waals surface area (Å²) >= 11 is 0. The molecule has 1 saturated heterocycles. The first-order valence-electron chi connectivity index (χ1n) is 11.9. The van der Waals surface area contributed by atoms with Crippen molar-refractivity contribution in [3.63, 3.8) is 0 Å². The van der Waals surface area contributed by atoms with Gasteiger partial charge in [-0.1, -0.05) is 20.4 Å². The quantitative estimate of drug-likeness (QED) is 0.505. The third kappa shape index (κ3) is 3.95. The van der Waals surface area contributed by atoms with Gasteiger partial charge in [-0.15, -0.1) is 0 Å². The number of hydrogen-bond donors (Lipinski definition) is 3. The number of allylic oxidation sites excluding steroid dienone is 2. The summed E-state index contributed by atoms with van der Waals surface area (Å²) in [6, 6.07) is 2.94. The van der Waals surface area contributed by atoms with Gasteiger partial charge in [-0.3, -0.25) is 4.79 Å². The molecule has 2 heterocycles. The zero-order valence-corrected chi connectivity index (χ0v) is 20.8. The standard InChI is InChI=1S/C27H33F2N5O/c1-6-8-21(35)17-11-34(20-10-19(30)18(28)9-16(20)7-2)25-15(4)26(33-12-27(5,32)13-33)23(29)24(31)22(25)14(17)3/h9-11H,3,6-8,12-13,30-32H2,1-2,4-5H3. The van der Waals surface area contributed by atoms with Crippen molar-refractivity contribution in [2.24, 2.45) is 5.73 Å². The van der Waals surface area contributed by atoms with E-state index in [1.165, 1.54) is 6.07 Å². The molecule has 2 aliphatic heterocycles. The zero-order valence-electron chi connectivity index (χ0n) is 20.8. The molecule has 0 radical (unpaired) electrons. The fraction of sp³-hybridized carbons (Fsp3) is 0.370. The average molecular weight is 482 g/mol. The van der Waals surface area contributed by atoms with E-state index in [0.29, 0.717) is 77.3 Å². The molecule has 8 heteroatoms. The first-order chi connectivity index (χ1) is 16.4. The highest BCUT2D eigenvalue weighted by Gasteiger charge is 2.40. The Hall–Kier alpha value is -3.39. The van der Waals surface area contributed by atoms with E-state index in [-0.39, 0.29) is 17.2 Å². The molecule has 186 valence electrons. The summed E-state index contributed by atoms with van der Waals surface area (Å²) in [5, 5.41) is 0. The molecule has 4 rings (SSSR count). The zero-order chi connectivity index (χ0) is 25.8. The number of benzene rings is 2. The number of Topliss-reactive ketones (excluding diaryl/α,β-unsaturated/α-hetero) is 1. The van der Waals surface area contributed by atoms with Crippen LogP contribution in [0.25, 0.3) is 5.57 Å². The molecule has 0 spiro atoms. The van der Waals surface area contributed by atoms with Crippen LogP contribution in [0, 0.1) is 18.6 Å². The highest BCUT2D eigenvalue weighted by Crippen LogP contribution is 2.51. The highest BCUT2D eigenvalue weighted by atomic mass is 19.1. The molecule has 2 aliphatic rings. The van der Waals surface area contributed by atoms with Crippen molar-refractivity contribution in [2.45, 2.75) is 52.5 Å². The smallest absolute Gasteiger partial charge is 0.170 e. The van der Waals surface area contributed by atoms with Gasteiger partial charge in [-0.25, -0.2) is 8.78 Å². The SMILES string of the molecule is C=C1C(C(=O)CCC)=CN(c2cc(N)c(F)cc2CC)c2c(C)c(N3CC(C)(N)C3)c(F)c(N)c21. The molecule has 35 heavy (non-hydrogen) atoms. The summed E-state index contributed by atoms with van der Waals surface area (Å²) in [6.45, 7) is 12.6. The number of hydrogen-bond acceptors (Lipinski definition) is 6. The van der Waals surface area contributed by atoms with Crippen LogP contribution < -0.4 is 27.0 Å². The fourth-order valence-electron chi connectivity index (χ4n) is 5.12. The molecule has 0 aliphatic carbocycles. The molecule has 2 aromatic rings. The Labute approximate surface area is 205 Å². The second-order valence-corrected chi connectivity index (χ2v) is 9.86. The van der Waals surface area contributed by atoms with Crippen molar-refractivity contribution in [1.29, 1.82) is 0 Å². The minimum absolute atomic E-state index is 0.0208. The first kappa shape index (κ1) is 24.7. The number of anilines is 5. The maximum Gasteiger partial charge on any atom is 0.170 e. The van der Waals surface area contributed by atoms with E-state index in [9.17, 15) is 9.18 Å². The number of ketones is 1. The molecule has 1 fully saturated rings. The van der Waals surface area contributed by atoms with Crippen LogP contribution in [0.15, 0.2) is 30.5 Å². The van der Waals surface area contributed by atoms with Crippen LogP contribution in [-0.2, 0) is 11.2 Å². The molecule has 0 amide bonds. The Bertz CT molecular complexity index is 1270. The van der Waals surface area contributed by atoms with Gasteiger partial charge in [0.2, 0.25) is 0 Å². The average Bonchev–Trinajstić information content (AvgIpc) is 2.77. The number of carbonyl (C=O) groups is 1. The number of rotatable bonds is 6. The highest BCUT2D eigenvalue weighted by molar-refractivity contribution is 6.15. The van der Waals surface area contributed by atoms with Crippen molar-refractivity contribution in [1.82, 2.24) is 0 Å². The summed E-state index contributed by atoms with van der Waals surface area (Å²) < 4.78 is 30.1. The molecule has 0 unspecified atom stereocenters. The lowest BCUT2D eigenvalue weighted by Gasteiger charge is -2.48. The maximum atomic E-state index is 15.8. The Balaban J connectivity index is 2.03. The van der Waals surface area contributed by atoms with Gasteiger partial charge in [0.1, 0.15) is 5.82 Å². The van der Waals surface area contributed by atoms with Crippen LogP contribution in [0.5, 0.6) is 0 Å². The van der Waals surface area contributed by atoms with Crippen molar-refractivity contribution >= 4 is 39.8 Å². The van der Waals surface area contributed by atoms with Gasteiger partial charge in [0, 0.05) is 47.9 Å². The van der Waals surface area contributed by atoms with Crippen molar-refractivity contribution in [2.75, 3.05) is 34.4 Å². The van der Waals surface area contributed by atoms with Gasteiger partial charge in [-0.05, 0) is 50.0 Å². The summed E-state index contributed by atoms with van der Waals surface area (Å²) in [5.74, 6) is -1.20. The van der Waals surface area contributed by atoms with Gasteiger partial charge in [0.25, 0.3) is 0 Å². The van der Waals surface area contributed by atoms with E-state index in [2.05, 4.69) is 6.58 Å². The van der Waals surface area contributed by atoms with E-state index in [1.807, 2.05) is 32.6 Å². The largest absolute Gasteiger partial charge is 0.396 e. The van der Waals surface area contributed by atoms with E-state index < -0.39 is 17.2 Å². The van der Waals surface area contributed by atoms with E-state index in [4.69, 9.17) is 17.2 Å². The van der Waals surface area contributed by atoms with Crippen LogP contribution in [0.4, 0.5) is 37.2 Å². The number of aryl methyl sites for hydroxylation is 1. The number of nitrogen functional groups attached to an aromatic ring is 2. The minimum Gasteiger partial charge on any atom is -0.396 e. The van der Waals surface area contributed by atoms with Crippen molar-refractivity contribution in [3.8, 4) is 0 Å². The first-order valence-corrected chi connectivity index (χ1v) is 11.9. The lowest BCUT2D eigenvalue weighted by molar-refractivity contribution is -0.115. The Morgan fingerprint density at radius 3 is 2.40 bits per heavy atom. The Kier molecular flexibility index (Phi) is 6.13. The molecule has 6 N–H and O–H groups in total. The summed E-state index contributed by atoms with van der Waals surface area (Å²) in [7, 11) is 0. The fourth-order valence-corrected chi connectivity index (χ4v) is 5.12. The van der Waals surface area contributed by atoms with Gasteiger partial charge < -0.3 is 27.0 Å². The normalized spacial score (nSPS) is 16.7. The van der Waals surface area contributed by atoms with Crippen LogP contribution >= 0.6 is 0 Å².